The largest absolute Gasteiger partial charge is 0.335 e. The van der Waals surface area contributed by atoms with Crippen LogP contribution < -0.4 is 0 Å². The smallest absolute Gasteiger partial charge is 0.298 e. The summed E-state index contributed by atoms with van der Waals surface area (Å²) in [6, 6.07) is 8.09. The van der Waals surface area contributed by atoms with Gasteiger partial charge in [0.2, 0.25) is 0 Å². The number of rotatable bonds is 5. The zero-order valence-corrected chi connectivity index (χ0v) is 14.8. The molecule has 3 nitrogen and oxygen atoms in total. The number of carbonyl (C=O) groups is 1. The number of piperidine rings is 1. The first-order valence-corrected chi connectivity index (χ1v) is 8.61. The second-order valence-electron chi connectivity index (χ2n) is 6.25. The Kier molecular flexibility index (Phi) is 6.95. The van der Waals surface area contributed by atoms with Crippen molar-refractivity contribution in [3.05, 3.63) is 34.9 Å². The van der Waals surface area contributed by atoms with Crippen LogP contribution in [0.5, 0.6) is 0 Å². The quantitative estimate of drug-likeness (QED) is 0.774. The highest BCUT2D eigenvalue weighted by atomic mass is 35.5. The molecule has 1 saturated heterocycles. The van der Waals surface area contributed by atoms with Gasteiger partial charge < -0.3 is 9.80 Å². The number of hydrogen-bond donors (Lipinski definition) is 0. The van der Waals surface area contributed by atoms with E-state index < -0.39 is 0 Å². The molecular formula is C19H25ClN2O. The minimum atomic E-state index is -0.0780. The molecule has 0 bridgehead atoms. The molecule has 1 aliphatic rings. The average molecular weight is 333 g/mol. The fourth-order valence-corrected chi connectivity index (χ4v) is 3.24. The van der Waals surface area contributed by atoms with Crippen molar-refractivity contribution < 1.29 is 4.79 Å². The molecule has 0 spiro atoms. The van der Waals surface area contributed by atoms with Gasteiger partial charge in [-0.25, -0.2) is 0 Å². The molecule has 4 heteroatoms. The van der Waals surface area contributed by atoms with Crippen molar-refractivity contribution in [3.8, 4) is 11.8 Å². The zero-order valence-electron chi connectivity index (χ0n) is 14.0. The summed E-state index contributed by atoms with van der Waals surface area (Å²) in [5, 5.41) is 0.787. The van der Waals surface area contributed by atoms with E-state index in [0.29, 0.717) is 5.92 Å². The Morgan fingerprint density at radius 1 is 1.39 bits per heavy atom. The molecule has 1 aromatic carbocycles. The van der Waals surface area contributed by atoms with E-state index in [2.05, 4.69) is 28.9 Å². The summed E-state index contributed by atoms with van der Waals surface area (Å²) in [6.45, 7) is 5.77. The molecule has 0 N–H and O–H groups in total. The molecule has 1 amide bonds. The summed E-state index contributed by atoms with van der Waals surface area (Å²) < 4.78 is 0. The molecule has 0 radical (unpaired) electrons. The van der Waals surface area contributed by atoms with Crippen LogP contribution in [0.4, 0.5) is 0 Å². The van der Waals surface area contributed by atoms with E-state index in [1.54, 1.807) is 11.8 Å². The van der Waals surface area contributed by atoms with Gasteiger partial charge in [-0.2, -0.15) is 0 Å². The Labute approximate surface area is 144 Å². The highest BCUT2D eigenvalue weighted by molar-refractivity contribution is 6.30. The first kappa shape index (κ1) is 17.8. The maximum absolute atomic E-state index is 11.8. The van der Waals surface area contributed by atoms with Crippen molar-refractivity contribution in [2.45, 2.75) is 26.2 Å². The summed E-state index contributed by atoms with van der Waals surface area (Å²) >= 11 is 5.92. The lowest BCUT2D eigenvalue weighted by Gasteiger charge is -2.34. The van der Waals surface area contributed by atoms with Crippen LogP contribution in [0.1, 0.15) is 25.3 Å². The molecule has 0 saturated carbocycles. The van der Waals surface area contributed by atoms with Gasteiger partial charge in [-0.3, -0.25) is 4.79 Å². The van der Waals surface area contributed by atoms with Crippen molar-refractivity contribution in [2.75, 3.05) is 33.2 Å². The Balaban J connectivity index is 1.79. The number of amides is 1. The van der Waals surface area contributed by atoms with E-state index in [-0.39, 0.29) is 5.91 Å². The van der Waals surface area contributed by atoms with Crippen LogP contribution in [0.15, 0.2) is 24.3 Å². The Morgan fingerprint density at radius 3 is 2.83 bits per heavy atom. The second kappa shape index (κ2) is 8.96. The molecule has 0 aliphatic carbocycles. The lowest BCUT2D eigenvalue weighted by molar-refractivity contribution is -0.124. The molecule has 2 rings (SSSR count). The Bertz CT molecular complexity index is 573. The first-order chi connectivity index (χ1) is 11.1. The SMILES string of the molecule is CC#CC(=O)N(C)CC1CCCN(CCc2ccc(Cl)cc2)C1. The molecule has 1 aliphatic heterocycles. The van der Waals surface area contributed by atoms with Crippen LogP contribution in [0, 0.1) is 17.8 Å². The van der Waals surface area contributed by atoms with Gasteiger partial charge in [0.05, 0.1) is 0 Å². The molecular weight excluding hydrogens is 308 g/mol. The number of benzene rings is 1. The zero-order chi connectivity index (χ0) is 16.7. The summed E-state index contributed by atoms with van der Waals surface area (Å²) in [5.74, 6) is 5.75. The lowest BCUT2D eigenvalue weighted by atomic mass is 9.97. The number of likely N-dealkylation sites (tertiary alicyclic amines) is 1. The van der Waals surface area contributed by atoms with Gasteiger partial charge in [0.15, 0.2) is 0 Å². The van der Waals surface area contributed by atoms with Crippen molar-refractivity contribution >= 4 is 17.5 Å². The molecule has 124 valence electrons. The van der Waals surface area contributed by atoms with Crippen LogP contribution >= 0.6 is 11.6 Å². The topological polar surface area (TPSA) is 23.6 Å². The molecule has 1 heterocycles. The summed E-state index contributed by atoms with van der Waals surface area (Å²) in [6.07, 6.45) is 3.43. The van der Waals surface area contributed by atoms with Gasteiger partial charge in [0.25, 0.3) is 5.91 Å². The van der Waals surface area contributed by atoms with Crippen molar-refractivity contribution in [3.63, 3.8) is 0 Å². The molecule has 23 heavy (non-hydrogen) atoms. The number of nitrogens with zero attached hydrogens (tertiary/aromatic N) is 2. The first-order valence-electron chi connectivity index (χ1n) is 8.23. The van der Waals surface area contributed by atoms with Crippen molar-refractivity contribution in [1.29, 1.82) is 0 Å². The predicted octanol–water partition coefficient (Wildman–Crippen LogP) is 3.08. The highest BCUT2D eigenvalue weighted by Crippen LogP contribution is 2.18. The van der Waals surface area contributed by atoms with Gasteiger partial charge in [0.1, 0.15) is 0 Å². The fraction of sp³-hybridized carbons (Fsp3) is 0.526. The normalized spacial score (nSPS) is 18.1. The third-order valence-corrected chi connectivity index (χ3v) is 4.60. The van der Waals surface area contributed by atoms with Crippen LogP contribution in [0.25, 0.3) is 0 Å². The predicted molar refractivity (Wildman–Crippen MR) is 95.4 cm³/mol. The summed E-state index contributed by atoms with van der Waals surface area (Å²) in [5.41, 5.74) is 1.32. The standard InChI is InChI=1S/C19H25ClN2O/c1-3-5-19(23)21(2)14-17-6-4-12-22(15-17)13-11-16-7-9-18(20)10-8-16/h7-10,17H,4,6,11-15H2,1-2H3. The minimum Gasteiger partial charge on any atom is -0.335 e. The van der Waals surface area contributed by atoms with Gasteiger partial charge in [-0.1, -0.05) is 29.7 Å². The second-order valence-corrected chi connectivity index (χ2v) is 6.68. The molecule has 1 atom stereocenters. The van der Waals surface area contributed by atoms with Crippen LogP contribution in [0.3, 0.4) is 0 Å². The van der Waals surface area contributed by atoms with E-state index in [1.807, 2.05) is 19.2 Å². The summed E-state index contributed by atoms with van der Waals surface area (Å²) in [7, 11) is 1.85. The number of hydrogen-bond acceptors (Lipinski definition) is 2. The monoisotopic (exact) mass is 332 g/mol. The third kappa shape index (κ3) is 5.89. The lowest BCUT2D eigenvalue weighted by Crippen LogP contribution is -2.42. The molecule has 1 fully saturated rings. The van der Waals surface area contributed by atoms with E-state index in [0.717, 1.165) is 37.6 Å². The number of carbonyl (C=O) groups excluding carboxylic acids is 1. The van der Waals surface area contributed by atoms with Gasteiger partial charge in [-0.15, -0.1) is 0 Å². The Morgan fingerprint density at radius 2 is 2.13 bits per heavy atom. The van der Waals surface area contributed by atoms with E-state index in [1.165, 1.54) is 18.4 Å². The van der Waals surface area contributed by atoms with Gasteiger partial charge in [-0.05, 0) is 62.3 Å². The van der Waals surface area contributed by atoms with Crippen LogP contribution in [-0.4, -0.2) is 48.9 Å². The van der Waals surface area contributed by atoms with Crippen LogP contribution in [0.2, 0.25) is 5.02 Å². The molecule has 0 aromatic heterocycles. The molecule has 1 unspecified atom stereocenters. The fourth-order valence-electron chi connectivity index (χ4n) is 3.11. The molecule has 1 aromatic rings. The van der Waals surface area contributed by atoms with Crippen molar-refractivity contribution in [1.82, 2.24) is 9.80 Å². The maximum atomic E-state index is 11.8. The maximum Gasteiger partial charge on any atom is 0.298 e. The van der Waals surface area contributed by atoms with E-state index >= 15 is 0 Å². The average Bonchev–Trinajstić information content (AvgIpc) is 2.55. The highest BCUT2D eigenvalue weighted by Gasteiger charge is 2.22. The van der Waals surface area contributed by atoms with E-state index in [9.17, 15) is 4.79 Å². The number of halogens is 1. The van der Waals surface area contributed by atoms with Gasteiger partial charge >= 0.3 is 0 Å². The Hall–Kier alpha value is -1.50. The van der Waals surface area contributed by atoms with Crippen LogP contribution in [-0.2, 0) is 11.2 Å². The summed E-state index contributed by atoms with van der Waals surface area (Å²) in [4.78, 5) is 16.0. The minimum absolute atomic E-state index is 0.0780. The van der Waals surface area contributed by atoms with Crippen molar-refractivity contribution in [2.24, 2.45) is 5.92 Å². The third-order valence-electron chi connectivity index (χ3n) is 4.34. The van der Waals surface area contributed by atoms with Gasteiger partial charge in [0, 0.05) is 31.7 Å². The van der Waals surface area contributed by atoms with E-state index in [4.69, 9.17) is 11.6 Å².